The van der Waals surface area contributed by atoms with Crippen molar-refractivity contribution in [2.45, 2.75) is 38.7 Å². The number of aryl methyl sites for hydroxylation is 1. The standard InChI is InChI=1S/C13H20OS2/c1-12(2)8-13(14,10-16-9-12)5-3-11-4-6-15-7-11/h4,6-7,14H,3,5,8-10H2,1-2H3. The lowest BCUT2D eigenvalue weighted by molar-refractivity contribution is 0.0122. The summed E-state index contributed by atoms with van der Waals surface area (Å²) in [4.78, 5) is 0. The van der Waals surface area contributed by atoms with Gasteiger partial charge in [0.1, 0.15) is 0 Å². The Balaban J connectivity index is 1.92. The van der Waals surface area contributed by atoms with Crippen LogP contribution in [-0.4, -0.2) is 22.2 Å². The van der Waals surface area contributed by atoms with E-state index in [1.807, 2.05) is 11.8 Å². The van der Waals surface area contributed by atoms with Gasteiger partial charge in [-0.3, -0.25) is 0 Å². The van der Waals surface area contributed by atoms with Gasteiger partial charge in [0.15, 0.2) is 0 Å². The Bertz CT molecular complexity index is 332. The van der Waals surface area contributed by atoms with E-state index in [0.29, 0.717) is 0 Å². The van der Waals surface area contributed by atoms with Crippen LogP contribution < -0.4 is 0 Å². The van der Waals surface area contributed by atoms with Crippen molar-refractivity contribution in [3.63, 3.8) is 0 Å². The van der Waals surface area contributed by atoms with Gasteiger partial charge >= 0.3 is 0 Å². The van der Waals surface area contributed by atoms with Gasteiger partial charge in [-0.2, -0.15) is 23.1 Å². The van der Waals surface area contributed by atoms with Gasteiger partial charge < -0.3 is 5.11 Å². The molecule has 2 heterocycles. The van der Waals surface area contributed by atoms with Crippen LogP contribution in [0.1, 0.15) is 32.3 Å². The van der Waals surface area contributed by atoms with E-state index < -0.39 is 5.60 Å². The largest absolute Gasteiger partial charge is 0.389 e. The van der Waals surface area contributed by atoms with Crippen molar-refractivity contribution in [2.75, 3.05) is 11.5 Å². The van der Waals surface area contributed by atoms with E-state index in [0.717, 1.165) is 25.0 Å². The molecule has 0 amide bonds. The van der Waals surface area contributed by atoms with Gasteiger partial charge in [0.2, 0.25) is 0 Å². The Hall–Kier alpha value is 0.01000. The van der Waals surface area contributed by atoms with Crippen LogP contribution in [0.25, 0.3) is 0 Å². The summed E-state index contributed by atoms with van der Waals surface area (Å²) in [6, 6.07) is 2.16. The van der Waals surface area contributed by atoms with Crippen LogP contribution in [0.4, 0.5) is 0 Å². The lowest BCUT2D eigenvalue weighted by Crippen LogP contribution is -2.42. The third kappa shape index (κ3) is 3.25. The number of aliphatic hydroxyl groups is 1. The second kappa shape index (κ2) is 4.71. The zero-order valence-electron chi connectivity index (χ0n) is 10.0. The molecule has 0 saturated carbocycles. The third-order valence-electron chi connectivity index (χ3n) is 3.13. The fraction of sp³-hybridized carbons (Fsp3) is 0.692. The molecule has 16 heavy (non-hydrogen) atoms. The molecule has 0 aromatic carbocycles. The fourth-order valence-electron chi connectivity index (χ4n) is 2.48. The van der Waals surface area contributed by atoms with Gasteiger partial charge in [0.25, 0.3) is 0 Å². The number of thioether (sulfide) groups is 1. The molecule has 90 valence electrons. The molecule has 1 aliphatic rings. The van der Waals surface area contributed by atoms with E-state index in [4.69, 9.17) is 0 Å². The van der Waals surface area contributed by atoms with Crippen molar-refractivity contribution >= 4 is 23.1 Å². The first-order valence-corrected chi connectivity index (χ1v) is 7.90. The quantitative estimate of drug-likeness (QED) is 0.892. The first-order valence-electron chi connectivity index (χ1n) is 5.80. The minimum atomic E-state index is -0.450. The number of thiophene rings is 1. The molecule has 0 bridgehead atoms. The summed E-state index contributed by atoms with van der Waals surface area (Å²) >= 11 is 3.64. The maximum atomic E-state index is 10.6. The van der Waals surface area contributed by atoms with Gasteiger partial charge in [-0.05, 0) is 52.8 Å². The zero-order chi connectivity index (χ0) is 11.6. The highest BCUT2D eigenvalue weighted by atomic mass is 32.2. The Labute approximate surface area is 106 Å². The van der Waals surface area contributed by atoms with Crippen molar-refractivity contribution in [3.8, 4) is 0 Å². The van der Waals surface area contributed by atoms with E-state index in [1.165, 1.54) is 11.3 Å². The van der Waals surface area contributed by atoms with Crippen LogP contribution in [0.15, 0.2) is 16.8 Å². The van der Waals surface area contributed by atoms with Crippen LogP contribution in [0.3, 0.4) is 0 Å². The third-order valence-corrected chi connectivity index (χ3v) is 5.59. The zero-order valence-corrected chi connectivity index (χ0v) is 11.7. The van der Waals surface area contributed by atoms with Crippen LogP contribution >= 0.6 is 23.1 Å². The molecule has 0 radical (unpaired) electrons. The van der Waals surface area contributed by atoms with Gasteiger partial charge in [-0.1, -0.05) is 13.8 Å². The lowest BCUT2D eigenvalue weighted by Gasteiger charge is -2.41. The van der Waals surface area contributed by atoms with E-state index in [1.54, 1.807) is 11.3 Å². The smallest absolute Gasteiger partial charge is 0.0746 e. The molecule has 1 fully saturated rings. The second-order valence-corrected chi connectivity index (χ2v) is 7.46. The van der Waals surface area contributed by atoms with Crippen LogP contribution in [-0.2, 0) is 6.42 Å². The average molecular weight is 256 g/mol. The average Bonchev–Trinajstić information content (AvgIpc) is 2.65. The molecular weight excluding hydrogens is 236 g/mol. The first kappa shape index (κ1) is 12.5. The SMILES string of the molecule is CC1(C)CSCC(O)(CCc2ccsc2)C1. The minimum absolute atomic E-state index is 0.284. The predicted octanol–water partition coefficient (Wildman–Crippen LogP) is 3.57. The molecule has 1 aliphatic heterocycles. The van der Waals surface area contributed by atoms with Gasteiger partial charge in [-0.15, -0.1) is 0 Å². The van der Waals surface area contributed by atoms with Crippen molar-refractivity contribution in [1.82, 2.24) is 0 Å². The summed E-state index contributed by atoms with van der Waals surface area (Å²) in [5.41, 5.74) is 1.20. The maximum absolute atomic E-state index is 10.6. The van der Waals surface area contributed by atoms with Crippen LogP contribution in [0, 0.1) is 5.41 Å². The van der Waals surface area contributed by atoms with Crippen LogP contribution in [0.2, 0.25) is 0 Å². The van der Waals surface area contributed by atoms with E-state index >= 15 is 0 Å². The first-order chi connectivity index (χ1) is 7.49. The number of rotatable bonds is 3. The Morgan fingerprint density at radius 2 is 2.19 bits per heavy atom. The highest BCUT2D eigenvalue weighted by molar-refractivity contribution is 7.99. The van der Waals surface area contributed by atoms with Crippen molar-refractivity contribution < 1.29 is 5.11 Å². The van der Waals surface area contributed by atoms with Gasteiger partial charge in [-0.25, -0.2) is 0 Å². The maximum Gasteiger partial charge on any atom is 0.0746 e. The Kier molecular flexibility index (Phi) is 3.67. The summed E-state index contributed by atoms with van der Waals surface area (Å²) in [5.74, 6) is 2.08. The molecule has 3 heteroatoms. The van der Waals surface area contributed by atoms with E-state index in [9.17, 15) is 5.11 Å². The van der Waals surface area contributed by atoms with E-state index in [2.05, 4.69) is 30.7 Å². The Morgan fingerprint density at radius 3 is 2.81 bits per heavy atom. The topological polar surface area (TPSA) is 20.2 Å². The van der Waals surface area contributed by atoms with Gasteiger partial charge in [0.05, 0.1) is 5.60 Å². The van der Waals surface area contributed by atoms with Crippen molar-refractivity contribution in [3.05, 3.63) is 22.4 Å². The lowest BCUT2D eigenvalue weighted by atomic mass is 9.79. The summed E-state index contributed by atoms with van der Waals surface area (Å²) in [5, 5.41) is 14.9. The molecule has 1 aromatic heterocycles. The minimum Gasteiger partial charge on any atom is -0.389 e. The van der Waals surface area contributed by atoms with E-state index in [-0.39, 0.29) is 5.41 Å². The normalized spacial score (nSPS) is 29.2. The molecule has 1 nitrogen and oxygen atoms in total. The molecule has 1 aromatic rings. The van der Waals surface area contributed by atoms with Crippen molar-refractivity contribution in [1.29, 1.82) is 0 Å². The van der Waals surface area contributed by atoms with Gasteiger partial charge in [0, 0.05) is 5.75 Å². The fourth-order valence-corrected chi connectivity index (χ4v) is 4.57. The highest BCUT2D eigenvalue weighted by Gasteiger charge is 2.38. The van der Waals surface area contributed by atoms with Crippen LogP contribution in [0.5, 0.6) is 0 Å². The summed E-state index contributed by atoms with van der Waals surface area (Å²) in [6.07, 6.45) is 2.86. The Morgan fingerprint density at radius 1 is 1.38 bits per heavy atom. The molecule has 1 atom stereocenters. The monoisotopic (exact) mass is 256 g/mol. The molecule has 0 aliphatic carbocycles. The van der Waals surface area contributed by atoms with Crippen molar-refractivity contribution in [2.24, 2.45) is 5.41 Å². The highest BCUT2D eigenvalue weighted by Crippen LogP contribution is 2.41. The second-order valence-electron chi connectivity index (χ2n) is 5.69. The summed E-state index contributed by atoms with van der Waals surface area (Å²) in [7, 11) is 0. The number of hydrogen-bond acceptors (Lipinski definition) is 3. The molecule has 1 unspecified atom stereocenters. The molecular formula is C13H20OS2. The summed E-state index contributed by atoms with van der Waals surface area (Å²) in [6.45, 7) is 4.52. The predicted molar refractivity (Wildman–Crippen MR) is 73.3 cm³/mol. The molecule has 1 saturated heterocycles. The number of hydrogen-bond donors (Lipinski definition) is 1. The molecule has 1 N–H and O–H groups in total. The summed E-state index contributed by atoms with van der Waals surface area (Å²) < 4.78 is 0. The molecule has 0 spiro atoms. The molecule has 2 rings (SSSR count).